The fourth-order valence-electron chi connectivity index (χ4n) is 3.76. The minimum atomic E-state index is -5.08. The van der Waals surface area contributed by atoms with Crippen LogP contribution in [0.1, 0.15) is 30.3 Å². The number of furan rings is 1. The molecule has 220 valence electrons. The van der Waals surface area contributed by atoms with Crippen molar-refractivity contribution >= 4 is 17.6 Å². The second kappa shape index (κ2) is 13.3. The number of likely N-dealkylation sites (tertiary alicyclic amines) is 1. The van der Waals surface area contributed by atoms with Gasteiger partial charge in [-0.2, -0.15) is 31.4 Å². The van der Waals surface area contributed by atoms with Gasteiger partial charge in [0.15, 0.2) is 11.5 Å². The van der Waals surface area contributed by atoms with Gasteiger partial charge in [0.1, 0.15) is 5.76 Å². The van der Waals surface area contributed by atoms with Gasteiger partial charge in [0.25, 0.3) is 0 Å². The molecule has 0 amide bonds. The van der Waals surface area contributed by atoms with Crippen molar-refractivity contribution < 1.29 is 50.6 Å². The lowest BCUT2D eigenvalue weighted by Crippen LogP contribution is -2.32. The van der Waals surface area contributed by atoms with Gasteiger partial charge >= 0.3 is 24.3 Å². The Morgan fingerprint density at radius 3 is 2.00 bits per heavy atom. The van der Waals surface area contributed by atoms with Gasteiger partial charge in [-0.25, -0.2) is 19.1 Å². The van der Waals surface area contributed by atoms with Gasteiger partial charge < -0.3 is 14.6 Å². The highest BCUT2D eigenvalue weighted by Crippen LogP contribution is 2.28. The summed E-state index contributed by atoms with van der Waals surface area (Å²) in [6.07, 6.45) is -0.606. The van der Waals surface area contributed by atoms with Crippen molar-refractivity contribution in [3.8, 4) is 11.1 Å². The molecule has 1 saturated heterocycles. The lowest BCUT2D eigenvalue weighted by molar-refractivity contribution is -0.193. The highest BCUT2D eigenvalue weighted by atomic mass is 19.4. The molecule has 0 saturated carbocycles. The zero-order valence-corrected chi connectivity index (χ0v) is 21.0. The number of carboxylic acid groups (broad SMARTS) is 2. The summed E-state index contributed by atoms with van der Waals surface area (Å²) in [5.74, 6) is -3.11. The molecule has 4 aromatic heterocycles. The van der Waals surface area contributed by atoms with Crippen LogP contribution in [-0.2, 0) is 16.1 Å². The van der Waals surface area contributed by atoms with Gasteiger partial charge in [-0.1, -0.05) is 0 Å². The summed E-state index contributed by atoms with van der Waals surface area (Å²) >= 11 is 0. The Morgan fingerprint density at radius 1 is 0.902 bits per heavy atom. The Kier molecular flexibility index (Phi) is 10.0. The molecular formula is C25H23F6N5O5. The normalized spacial score (nSPS) is 14.5. The van der Waals surface area contributed by atoms with E-state index in [1.165, 1.54) is 0 Å². The quantitative estimate of drug-likeness (QED) is 0.315. The largest absolute Gasteiger partial charge is 0.490 e. The van der Waals surface area contributed by atoms with Gasteiger partial charge in [-0.05, 0) is 67.9 Å². The Labute approximate surface area is 227 Å². The molecule has 16 heteroatoms. The van der Waals surface area contributed by atoms with Crippen molar-refractivity contribution in [2.24, 2.45) is 0 Å². The summed E-state index contributed by atoms with van der Waals surface area (Å²) in [6.45, 7) is 2.97. The van der Waals surface area contributed by atoms with Gasteiger partial charge in [-0.15, -0.1) is 0 Å². The van der Waals surface area contributed by atoms with Gasteiger partial charge in [0.2, 0.25) is 0 Å². The van der Waals surface area contributed by atoms with Crippen LogP contribution >= 0.6 is 0 Å². The van der Waals surface area contributed by atoms with Crippen LogP contribution in [0.4, 0.5) is 26.3 Å². The van der Waals surface area contributed by atoms with Crippen LogP contribution < -0.4 is 0 Å². The van der Waals surface area contributed by atoms with Gasteiger partial charge in [0.05, 0.1) is 12.8 Å². The SMILES string of the molecule is O=C(O)C(F)(F)F.O=C(O)C(F)(F)F.c1coc(CN2CCC(c3nc4ccc(-c5ccncc5)cn4n3)CC2)c1. The molecule has 0 aliphatic carbocycles. The number of aromatic nitrogens is 4. The predicted molar refractivity (Wildman–Crippen MR) is 130 cm³/mol. The number of piperidine rings is 1. The van der Waals surface area contributed by atoms with Crippen LogP contribution in [-0.4, -0.2) is 72.1 Å². The van der Waals surface area contributed by atoms with E-state index >= 15 is 0 Å². The number of halogens is 6. The van der Waals surface area contributed by atoms with Crippen molar-refractivity contribution in [1.29, 1.82) is 0 Å². The fraction of sp³-hybridized carbons (Fsp3) is 0.320. The summed E-state index contributed by atoms with van der Waals surface area (Å²) in [7, 11) is 0. The molecule has 0 unspecified atom stereocenters. The summed E-state index contributed by atoms with van der Waals surface area (Å²) in [5, 5.41) is 19.0. The number of hydrogen-bond acceptors (Lipinski definition) is 7. The third-order valence-corrected chi connectivity index (χ3v) is 5.76. The highest BCUT2D eigenvalue weighted by Gasteiger charge is 2.38. The lowest BCUT2D eigenvalue weighted by Gasteiger charge is -2.29. The molecule has 0 atom stereocenters. The Hall–Kier alpha value is -4.47. The van der Waals surface area contributed by atoms with Crippen molar-refractivity contribution in [2.45, 2.75) is 37.7 Å². The van der Waals surface area contributed by atoms with Crippen LogP contribution in [0.5, 0.6) is 0 Å². The number of carboxylic acids is 2. The molecule has 0 spiro atoms. The molecule has 10 nitrogen and oxygen atoms in total. The smallest absolute Gasteiger partial charge is 0.475 e. The van der Waals surface area contributed by atoms with E-state index in [1.807, 2.05) is 53.4 Å². The first-order chi connectivity index (χ1) is 19.2. The second-order valence-electron chi connectivity index (χ2n) is 8.66. The summed E-state index contributed by atoms with van der Waals surface area (Å²) < 4.78 is 70.8. The monoisotopic (exact) mass is 587 g/mol. The lowest BCUT2D eigenvalue weighted by atomic mass is 9.96. The molecule has 1 aliphatic rings. The molecule has 4 aromatic rings. The van der Waals surface area contributed by atoms with Crippen molar-refractivity contribution in [2.75, 3.05) is 13.1 Å². The number of fused-ring (bicyclic) bond motifs is 1. The number of nitrogens with zero attached hydrogens (tertiary/aromatic N) is 5. The van der Waals surface area contributed by atoms with E-state index < -0.39 is 24.3 Å². The topological polar surface area (TPSA) is 134 Å². The van der Waals surface area contributed by atoms with Gasteiger partial charge in [0, 0.05) is 30.1 Å². The summed E-state index contributed by atoms with van der Waals surface area (Å²) in [5.41, 5.74) is 3.16. The van der Waals surface area contributed by atoms with Gasteiger partial charge in [-0.3, -0.25) is 9.88 Å². The molecule has 1 fully saturated rings. The van der Waals surface area contributed by atoms with E-state index in [0.29, 0.717) is 5.92 Å². The zero-order chi connectivity index (χ0) is 30.2. The van der Waals surface area contributed by atoms with Crippen molar-refractivity contribution in [3.05, 3.63) is 72.8 Å². The number of aliphatic carboxylic acids is 2. The van der Waals surface area contributed by atoms with Crippen LogP contribution in [0, 0.1) is 0 Å². The van der Waals surface area contributed by atoms with E-state index in [-0.39, 0.29) is 0 Å². The number of carbonyl (C=O) groups is 2. The number of rotatable bonds is 4. The molecule has 0 aromatic carbocycles. The summed E-state index contributed by atoms with van der Waals surface area (Å²) in [6, 6.07) is 12.1. The zero-order valence-electron chi connectivity index (χ0n) is 21.0. The van der Waals surface area contributed by atoms with E-state index in [0.717, 1.165) is 60.8 Å². The minimum Gasteiger partial charge on any atom is -0.475 e. The third-order valence-electron chi connectivity index (χ3n) is 5.76. The average Bonchev–Trinajstić information content (AvgIpc) is 3.59. The molecule has 0 radical (unpaired) electrons. The fourth-order valence-corrected chi connectivity index (χ4v) is 3.76. The van der Waals surface area contributed by atoms with E-state index in [9.17, 15) is 26.3 Å². The molecular weight excluding hydrogens is 564 g/mol. The number of alkyl halides is 6. The number of hydrogen-bond donors (Lipinski definition) is 2. The van der Waals surface area contributed by atoms with Crippen LogP contribution in [0.25, 0.3) is 16.8 Å². The van der Waals surface area contributed by atoms with Crippen molar-refractivity contribution in [1.82, 2.24) is 24.5 Å². The average molecular weight is 587 g/mol. The first-order valence-electron chi connectivity index (χ1n) is 11.9. The highest BCUT2D eigenvalue weighted by molar-refractivity contribution is 5.73. The second-order valence-corrected chi connectivity index (χ2v) is 8.66. The minimum absolute atomic E-state index is 0.419. The van der Waals surface area contributed by atoms with Crippen molar-refractivity contribution in [3.63, 3.8) is 0 Å². The van der Waals surface area contributed by atoms with Crippen LogP contribution in [0.2, 0.25) is 0 Å². The number of pyridine rings is 2. The maximum absolute atomic E-state index is 10.6. The predicted octanol–water partition coefficient (Wildman–Crippen LogP) is 5.03. The van der Waals surface area contributed by atoms with Crippen LogP contribution in [0.15, 0.2) is 65.7 Å². The Bertz CT molecular complexity index is 1390. The van der Waals surface area contributed by atoms with E-state index in [2.05, 4.69) is 16.0 Å². The van der Waals surface area contributed by atoms with Crippen LogP contribution in [0.3, 0.4) is 0 Å². The maximum Gasteiger partial charge on any atom is 0.490 e. The molecule has 5 rings (SSSR count). The maximum atomic E-state index is 10.6. The first-order valence-corrected chi connectivity index (χ1v) is 11.9. The van der Waals surface area contributed by atoms with E-state index in [4.69, 9.17) is 34.3 Å². The van der Waals surface area contributed by atoms with E-state index in [1.54, 1.807) is 6.26 Å². The molecule has 41 heavy (non-hydrogen) atoms. The summed E-state index contributed by atoms with van der Waals surface area (Å²) in [4.78, 5) is 29.1. The standard InChI is InChI=1S/C21H21N5O.2C2HF3O2/c1-2-19(27-13-1)15-25-11-7-17(8-12-25)21-23-20-4-3-18(14-26(20)24-21)16-5-9-22-10-6-16;2*3-2(4,5)1(6)7/h1-6,9-10,13-14,17H,7-8,11-12,15H2;2*(H,6,7). The molecule has 5 heterocycles. The molecule has 0 bridgehead atoms. The third kappa shape index (κ3) is 9.30. The first kappa shape index (κ1) is 31.1. The molecule has 2 N–H and O–H groups in total. The molecule has 1 aliphatic heterocycles. The Balaban J connectivity index is 0.000000276. The Morgan fingerprint density at radius 2 is 1.49 bits per heavy atom.